The number of hydrogen-bond donors (Lipinski definition) is 2. The van der Waals surface area contributed by atoms with Crippen LogP contribution < -0.4 is 10.2 Å². The predicted molar refractivity (Wildman–Crippen MR) is 83.5 cm³/mol. The number of ether oxygens (including phenoxy) is 1. The van der Waals surface area contributed by atoms with Crippen LogP contribution in [0.4, 0.5) is 0 Å². The lowest BCUT2D eigenvalue weighted by Gasteiger charge is -2.04. The molecule has 1 amide bonds. The Morgan fingerprint density at radius 2 is 1.86 bits per heavy atom. The number of aromatic hydroxyl groups is 1. The van der Waals surface area contributed by atoms with Crippen molar-refractivity contribution in [2.45, 2.75) is 0 Å². The van der Waals surface area contributed by atoms with Gasteiger partial charge in [-0.1, -0.05) is 15.9 Å². The number of amides is 1. The Balaban J connectivity index is 1.77. The van der Waals surface area contributed by atoms with Crippen molar-refractivity contribution in [3.05, 3.63) is 58.6 Å². The van der Waals surface area contributed by atoms with Gasteiger partial charge in [-0.05, 0) is 54.1 Å². The Kier molecular flexibility index (Phi) is 5.34. The van der Waals surface area contributed by atoms with E-state index in [2.05, 4.69) is 26.5 Å². The molecule has 0 unspecified atom stereocenters. The van der Waals surface area contributed by atoms with Gasteiger partial charge in [-0.3, -0.25) is 4.79 Å². The minimum Gasteiger partial charge on any atom is -0.508 e. The highest BCUT2D eigenvalue weighted by Gasteiger charge is 2.01. The zero-order valence-electron chi connectivity index (χ0n) is 11.0. The summed E-state index contributed by atoms with van der Waals surface area (Å²) >= 11 is 3.32. The molecule has 108 valence electrons. The third-order valence-corrected chi connectivity index (χ3v) is 3.01. The molecular weight excluding hydrogens is 336 g/mol. The Labute approximate surface area is 130 Å². The van der Waals surface area contributed by atoms with E-state index in [-0.39, 0.29) is 18.3 Å². The number of nitrogens with one attached hydrogen (secondary N) is 1. The summed E-state index contributed by atoms with van der Waals surface area (Å²) in [6.45, 7) is -0.117. The molecule has 0 aliphatic carbocycles. The predicted octanol–water partition coefficient (Wildman–Crippen LogP) is 2.68. The van der Waals surface area contributed by atoms with Crippen LogP contribution in [0, 0.1) is 0 Å². The number of hydrazone groups is 1. The van der Waals surface area contributed by atoms with Crippen LogP contribution in [0.3, 0.4) is 0 Å². The molecule has 2 rings (SSSR count). The summed E-state index contributed by atoms with van der Waals surface area (Å²) in [5.41, 5.74) is 3.13. The van der Waals surface area contributed by atoms with Crippen molar-refractivity contribution in [1.29, 1.82) is 0 Å². The molecule has 0 fully saturated rings. The number of halogens is 1. The lowest BCUT2D eigenvalue weighted by molar-refractivity contribution is -0.123. The molecule has 6 heteroatoms. The molecule has 21 heavy (non-hydrogen) atoms. The number of hydrogen-bond acceptors (Lipinski definition) is 4. The molecule has 0 atom stereocenters. The maximum absolute atomic E-state index is 11.5. The second-order valence-corrected chi connectivity index (χ2v) is 5.04. The first-order chi connectivity index (χ1) is 10.1. The summed E-state index contributed by atoms with van der Waals surface area (Å²) in [6.07, 6.45) is 1.48. The zero-order valence-corrected chi connectivity index (χ0v) is 12.6. The largest absolute Gasteiger partial charge is 0.508 e. The number of benzene rings is 2. The maximum Gasteiger partial charge on any atom is 0.277 e. The van der Waals surface area contributed by atoms with Gasteiger partial charge >= 0.3 is 0 Å². The number of rotatable bonds is 5. The van der Waals surface area contributed by atoms with Gasteiger partial charge < -0.3 is 9.84 Å². The third kappa shape index (κ3) is 5.27. The topological polar surface area (TPSA) is 70.9 Å². The summed E-state index contributed by atoms with van der Waals surface area (Å²) in [6, 6.07) is 13.6. The van der Waals surface area contributed by atoms with Crippen LogP contribution in [-0.2, 0) is 4.79 Å². The smallest absolute Gasteiger partial charge is 0.277 e. The molecule has 0 aromatic heterocycles. The van der Waals surface area contributed by atoms with Crippen molar-refractivity contribution in [2.24, 2.45) is 5.10 Å². The molecule has 2 aromatic carbocycles. The van der Waals surface area contributed by atoms with Crippen LogP contribution in [0.2, 0.25) is 0 Å². The molecule has 2 N–H and O–H groups in total. The van der Waals surface area contributed by atoms with E-state index in [1.807, 2.05) is 12.1 Å². The number of phenols is 1. The van der Waals surface area contributed by atoms with Crippen LogP contribution in [0.15, 0.2) is 58.1 Å². The molecule has 5 nitrogen and oxygen atoms in total. The third-order valence-electron chi connectivity index (χ3n) is 2.48. The van der Waals surface area contributed by atoms with E-state index < -0.39 is 0 Å². The average Bonchev–Trinajstić information content (AvgIpc) is 2.49. The van der Waals surface area contributed by atoms with Crippen molar-refractivity contribution in [1.82, 2.24) is 5.43 Å². The molecule has 0 saturated heterocycles. The Bertz CT molecular complexity index is 624. The first-order valence-corrected chi connectivity index (χ1v) is 6.92. The van der Waals surface area contributed by atoms with Gasteiger partial charge in [0.15, 0.2) is 6.61 Å². The maximum atomic E-state index is 11.5. The van der Waals surface area contributed by atoms with Gasteiger partial charge in [0.25, 0.3) is 5.91 Å². The second-order valence-electron chi connectivity index (χ2n) is 4.13. The zero-order chi connectivity index (χ0) is 15.1. The van der Waals surface area contributed by atoms with Gasteiger partial charge in [0, 0.05) is 4.47 Å². The van der Waals surface area contributed by atoms with Crippen LogP contribution in [0.25, 0.3) is 0 Å². The molecule has 0 spiro atoms. The summed E-state index contributed by atoms with van der Waals surface area (Å²) in [7, 11) is 0. The summed E-state index contributed by atoms with van der Waals surface area (Å²) in [5, 5.41) is 12.9. The summed E-state index contributed by atoms with van der Waals surface area (Å²) < 4.78 is 6.24. The van der Waals surface area contributed by atoms with Crippen molar-refractivity contribution in [3.8, 4) is 11.5 Å². The second kappa shape index (κ2) is 7.44. The molecule has 2 aromatic rings. The van der Waals surface area contributed by atoms with Gasteiger partial charge in [-0.25, -0.2) is 5.43 Å². The van der Waals surface area contributed by atoms with Crippen LogP contribution in [0.5, 0.6) is 11.5 Å². The fraction of sp³-hybridized carbons (Fsp3) is 0.0667. The van der Waals surface area contributed by atoms with E-state index in [1.54, 1.807) is 36.4 Å². The molecular formula is C15H13BrN2O3. The summed E-state index contributed by atoms with van der Waals surface area (Å²) in [5.74, 6) is 0.433. The van der Waals surface area contributed by atoms with Crippen molar-refractivity contribution in [3.63, 3.8) is 0 Å². The monoisotopic (exact) mass is 348 g/mol. The fourth-order valence-electron chi connectivity index (χ4n) is 1.45. The number of carbonyl (C=O) groups excluding carboxylic acids is 1. The number of phenolic OH excluding ortho intramolecular Hbond substituents is 1. The van der Waals surface area contributed by atoms with Crippen LogP contribution >= 0.6 is 15.9 Å². The SMILES string of the molecule is O=C(COc1ccc(Br)cc1)NN=Cc1ccc(O)cc1. The highest BCUT2D eigenvalue weighted by molar-refractivity contribution is 9.10. The standard InChI is InChI=1S/C15H13BrN2O3/c16-12-3-7-14(8-4-12)21-10-15(20)18-17-9-11-1-5-13(19)6-2-11/h1-9,19H,10H2,(H,18,20). The lowest BCUT2D eigenvalue weighted by atomic mass is 10.2. The fourth-order valence-corrected chi connectivity index (χ4v) is 1.72. The Morgan fingerprint density at radius 1 is 1.19 bits per heavy atom. The van der Waals surface area contributed by atoms with E-state index >= 15 is 0 Å². The van der Waals surface area contributed by atoms with Gasteiger partial charge in [-0.2, -0.15) is 5.10 Å². The molecule has 0 heterocycles. The molecule has 0 bridgehead atoms. The molecule has 0 radical (unpaired) electrons. The highest BCUT2D eigenvalue weighted by Crippen LogP contribution is 2.15. The minimum absolute atomic E-state index is 0.117. The van der Waals surface area contributed by atoms with Gasteiger partial charge in [-0.15, -0.1) is 0 Å². The van der Waals surface area contributed by atoms with E-state index in [0.29, 0.717) is 5.75 Å². The van der Waals surface area contributed by atoms with Crippen LogP contribution in [-0.4, -0.2) is 23.8 Å². The quantitative estimate of drug-likeness (QED) is 0.644. The van der Waals surface area contributed by atoms with Gasteiger partial charge in [0.2, 0.25) is 0 Å². The van der Waals surface area contributed by atoms with Gasteiger partial charge in [0.05, 0.1) is 6.21 Å². The van der Waals surface area contributed by atoms with Crippen molar-refractivity contribution in [2.75, 3.05) is 6.61 Å². The summed E-state index contributed by atoms with van der Waals surface area (Å²) in [4.78, 5) is 11.5. The first kappa shape index (κ1) is 15.1. The Morgan fingerprint density at radius 3 is 2.52 bits per heavy atom. The first-order valence-electron chi connectivity index (χ1n) is 6.13. The van der Waals surface area contributed by atoms with E-state index in [1.165, 1.54) is 6.21 Å². The number of nitrogens with zero attached hydrogens (tertiary/aromatic N) is 1. The van der Waals surface area contributed by atoms with E-state index in [9.17, 15) is 4.79 Å². The molecule has 0 aliphatic heterocycles. The van der Waals surface area contributed by atoms with E-state index in [0.717, 1.165) is 10.0 Å². The van der Waals surface area contributed by atoms with Crippen molar-refractivity contribution >= 4 is 28.1 Å². The van der Waals surface area contributed by atoms with E-state index in [4.69, 9.17) is 9.84 Å². The molecule has 0 saturated carbocycles. The normalized spacial score (nSPS) is 10.5. The van der Waals surface area contributed by atoms with Crippen LogP contribution in [0.1, 0.15) is 5.56 Å². The highest BCUT2D eigenvalue weighted by atomic mass is 79.9. The van der Waals surface area contributed by atoms with Gasteiger partial charge in [0.1, 0.15) is 11.5 Å². The molecule has 0 aliphatic rings. The number of carbonyl (C=O) groups is 1. The average molecular weight is 349 g/mol. The minimum atomic E-state index is -0.354. The lowest BCUT2D eigenvalue weighted by Crippen LogP contribution is -2.24. The Hall–Kier alpha value is -2.34. The van der Waals surface area contributed by atoms with Crippen molar-refractivity contribution < 1.29 is 14.6 Å².